The fraction of sp³-hybridized carbons (Fsp3) is 0.211. The Labute approximate surface area is 159 Å². The lowest BCUT2D eigenvalue weighted by molar-refractivity contribution is -0.133. The van der Waals surface area contributed by atoms with Crippen LogP contribution in [0.4, 0.5) is 0 Å². The molecule has 0 bridgehead atoms. The van der Waals surface area contributed by atoms with Crippen LogP contribution in [0.3, 0.4) is 0 Å². The van der Waals surface area contributed by atoms with Crippen LogP contribution in [0.15, 0.2) is 42.9 Å². The Morgan fingerprint density at radius 2 is 1.82 bits per heavy atom. The number of rotatable bonds is 6. The summed E-state index contributed by atoms with van der Waals surface area (Å²) in [6, 6.07) is 8.69. The minimum Gasteiger partial charge on any atom is -0.481 e. The number of pyridine rings is 1. The average molecular weight is 379 g/mol. The molecule has 2 aromatic heterocycles. The van der Waals surface area contributed by atoms with E-state index in [2.05, 4.69) is 15.0 Å². The molecule has 1 aliphatic rings. The molecular weight excluding hydrogens is 362 g/mol. The summed E-state index contributed by atoms with van der Waals surface area (Å²) in [5.74, 6) is -0.375. The number of hydrogen-bond acceptors (Lipinski definition) is 7. The molecule has 142 valence electrons. The number of hydrogen-bond donors (Lipinski definition) is 2. The lowest BCUT2D eigenvalue weighted by atomic mass is 9.97. The van der Waals surface area contributed by atoms with Crippen LogP contribution in [0.2, 0.25) is 0 Å². The minimum absolute atomic E-state index is 0.312. The molecule has 0 spiro atoms. The Morgan fingerprint density at radius 3 is 2.43 bits per heavy atom. The summed E-state index contributed by atoms with van der Waals surface area (Å²) < 4.78 is 10.9. The molecule has 0 saturated heterocycles. The molecule has 2 amide bonds. The van der Waals surface area contributed by atoms with Crippen molar-refractivity contribution in [3.05, 3.63) is 48.4 Å². The number of nitrogens with zero attached hydrogens (tertiary/aromatic N) is 3. The van der Waals surface area contributed by atoms with Gasteiger partial charge in [0.15, 0.2) is 0 Å². The van der Waals surface area contributed by atoms with E-state index >= 15 is 0 Å². The number of nitrogens with two attached hydrogens (primary N) is 2. The number of fused-ring (bicyclic) bond motifs is 1. The van der Waals surface area contributed by atoms with E-state index in [1.807, 2.05) is 0 Å². The molecule has 1 saturated carbocycles. The average Bonchev–Trinajstić information content (AvgIpc) is 3.46. The highest BCUT2D eigenvalue weighted by Gasteiger charge is 2.64. The third kappa shape index (κ3) is 2.77. The molecule has 28 heavy (non-hydrogen) atoms. The Balaban J connectivity index is 1.57. The van der Waals surface area contributed by atoms with E-state index in [0.29, 0.717) is 34.8 Å². The van der Waals surface area contributed by atoms with Crippen LogP contribution in [-0.2, 0) is 9.59 Å². The normalized spacial score (nSPS) is 17.1. The molecule has 9 nitrogen and oxygen atoms in total. The molecule has 9 heteroatoms. The first kappa shape index (κ1) is 17.7. The van der Waals surface area contributed by atoms with Crippen molar-refractivity contribution in [2.45, 2.75) is 12.3 Å². The second-order valence-corrected chi connectivity index (χ2v) is 6.55. The summed E-state index contributed by atoms with van der Waals surface area (Å²) >= 11 is 0. The maximum absolute atomic E-state index is 11.7. The molecule has 1 aliphatic carbocycles. The summed E-state index contributed by atoms with van der Waals surface area (Å²) in [6.45, 7) is 0. The summed E-state index contributed by atoms with van der Waals surface area (Å²) in [5, 5.41) is 0.635. The van der Waals surface area contributed by atoms with Gasteiger partial charge in [-0.05, 0) is 24.1 Å². The van der Waals surface area contributed by atoms with Crippen LogP contribution in [0, 0.1) is 5.41 Å². The highest BCUT2D eigenvalue weighted by Crippen LogP contribution is 2.59. The molecule has 0 radical (unpaired) electrons. The van der Waals surface area contributed by atoms with Gasteiger partial charge in [0.05, 0.1) is 18.0 Å². The summed E-state index contributed by atoms with van der Waals surface area (Å²) in [4.78, 5) is 35.8. The van der Waals surface area contributed by atoms with E-state index < -0.39 is 17.2 Å². The fourth-order valence-electron chi connectivity index (χ4n) is 3.32. The molecule has 3 aromatic rings. The number of carbonyl (C=O) groups is 2. The number of benzene rings is 1. The Kier molecular flexibility index (Phi) is 4.07. The number of carbonyl (C=O) groups excluding carboxylic acids is 2. The Morgan fingerprint density at radius 1 is 1.11 bits per heavy atom. The second kappa shape index (κ2) is 6.45. The van der Waals surface area contributed by atoms with Crippen molar-refractivity contribution < 1.29 is 19.1 Å². The number of ether oxygens (including phenoxy) is 2. The molecule has 1 atom stereocenters. The third-order valence-electron chi connectivity index (χ3n) is 5.01. The van der Waals surface area contributed by atoms with Crippen LogP contribution in [0.1, 0.15) is 17.9 Å². The monoisotopic (exact) mass is 379 g/mol. The summed E-state index contributed by atoms with van der Waals surface area (Å²) in [5.41, 5.74) is 10.9. The van der Waals surface area contributed by atoms with E-state index in [-0.39, 0.29) is 5.92 Å². The standard InChI is InChI=1S/C19H17N5O4/c1-27-15-6-14-12(8-22-15)16(24-9-23-14)28-11-4-2-10(3-5-11)13-7-19(13,17(20)25)18(21)26/h2-6,8-9,13H,7H2,1H3,(H2,20,25)(H2,21,26). The van der Waals surface area contributed by atoms with E-state index in [9.17, 15) is 9.59 Å². The van der Waals surface area contributed by atoms with Crippen molar-refractivity contribution in [2.24, 2.45) is 16.9 Å². The van der Waals surface area contributed by atoms with Crippen molar-refractivity contribution in [3.8, 4) is 17.5 Å². The van der Waals surface area contributed by atoms with Crippen LogP contribution in [0.5, 0.6) is 17.5 Å². The van der Waals surface area contributed by atoms with Crippen LogP contribution < -0.4 is 20.9 Å². The smallest absolute Gasteiger partial charge is 0.233 e. The lowest BCUT2D eigenvalue weighted by Crippen LogP contribution is -2.38. The van der Waals surface area contributed by atoms with E-state index in [1.165, 1.54) is 13.4 Å². The zero-order valence-corrected chi connectivity index (χ0v) is 15.0. The third-order valence-corrected chi connectivity index (χ3v) is 5.01. The molecule has 4 rings (SSSR count). The highest BCUT2D eigenvalue weighted by molar-refractivity contribution is 6.08. The Bertz CT molecular complexity index is 1070. The van der Waals surface area contributed by atoms with Gasteiger partial charge in [0.25, 0.3) is 0 Å². The van der Waals surface area contributed by atoms with Crippen molar-refractivity contribution in [2.75, 3.05) is 7.11 Å². The first-order valence-electron chi connectivity index (χ1n) is 8.48. The van der Waals surface area contributed by atoms with Crippen LogP contribution in [-0.4, -0.2) is 33.9 Å². The SMILES string of the molecule is COc1cc2ncnc(Oc3ccc(C4CC4(C(N)=O)C(N)=O)cc3)c2cn1. The van der Waals surface area contributed by atoms with Gasteiger partial charge >= 0.3 is 0 Å². The fourth-order valence-corrected chi connectivity index (χ4v) is 3.32. The zero-order chi connectivity index (χ0) is 19.9. The lowest BCUT2D eigenvalue weighted by Gasteiger charge is -2.10. The molecule has 1 fully saturated rings. The largest absolute Gasteiger partial charge is 0.481 e. The van der Waals surface area contributed by atoms with Crippen molar-refractivity contribution in [1.82, 2.24) is 15.0 Å². The van der Waals surface area contributed by atoms with E-state index in [4.69, 9.17) is 20.9 Å². The predicted octanol–water partition coefficient (Wildman–Crippen LogP) is 1.27. The van der Waals surface area contributed by atoms with Gasteiger partial charge in [-0.1, -0.05) is 12.1 Å². The number of aromatic nitrogens is 3. The van der Waals surface area contributed by atoms with Gasteiger partial charge in [-0.15, -0.1) is 0 Å². The van der Waals surface area contributed by atoms with E-state index in [1.54, 1.807) is 36.5 Å². The van der Waals surface area contributed by atoms with Crippen LogP contribution in [0.25, 0.3) is 10.9 Å². The molecule has 2 heterocycles. The minimum atomic E-state index is -1.30. The van der Waals surface area contributed by atoms with Gasteiger partial charge in [-0.2, -0.15) is 0 Å². The molecule has 0 aliphatic heterocycles. The molecule has 1 aromatic carbocycles. The van der Waals surface area contributed by atoms with Gasteiger partial charge in [0, 0.05) is 18.2 Å². The van der Waals surface area contributed by atoms with E-state index in [0.717, 1.165) is 5.56 Å². The molecule has 4 N–H and O–H groups in total. The second-order valence-electron chi connectivity index (χ2n) is 6.55. The van der Waals surface area contributed by atoms with Gasteiger partial charge in [-0.3, -0.25) is 9.59 Å². The van der Waals surface area contributed by atoms with Crippen LogP contribution >= 0.6 is 0 Å². The van der Waals surface area contributed by atoms with Crippen molar-refractivity contribution >= 4 is 22.7 Å². The summed E-state index contributed by atoms with van der Waals surface area (Å²) in [7, 11) is 1.53. The van der Waals surface area contributed by atoms with Crippen molar-refractivity contribution in [1.29, 1.82) is 0 Å². The first-order chi connectivity index (χ1) is 13.5. The number of methoxy groups -OCH3 is 1. The van der Waals surface area contributed by atoms with Gasteiger partial charge in [-0.25, -0.2) is 15.0 Å². The zero-order valence-electron chi connectivity index (χ0n) is 15.0. The van der Waals surface area contributed by atoms with Gasteiger partial charge in [0.1, 0.15) is 17.5 Å². The summed E-state index contributed by atoms with van der Waals surface area (Å²) in [6.07, 6.45) is 3.29. The molecule has 1 unspecified atom stereocenters. The molecular formula is C19H17N5O4. The number of amides is 2. The topological polar surface area (TPSA) is 143 Å². The quantitative estimate of drug-likeness (QED) is 0.614. The highest BCUT2D eigenvalue weighted by atomic mass is 16.5. The number of primary amides is 2. The maximum atomic E-state index is 11.7. The Hall–Kier alpha value is -3.75. The van der Waals surface area contributed by atoms with Gasteiger partial charge < -0.3 is 20.9 Å². The van der Waals surface area contributed by atoms with Crippen molar-refractivity contribution in [3.63, 3.8) is 0 Å². The van der Waals surface area contributed by atoms with Gasteiger partial charge in [0.2, 0.25) is 23.6 Å². The predicted molar refractivity (Wildman–Crippen MR) is 98.6 cm³/mol. The maximum Gasteiger partial charge on any atom is 0.233 e. The first-order valence-corrected chi connectivity index (χ1v) is 8.48.